The van der Waals surface area contributed by atoms with Gasteiger partial charge < -0.3 is 5.73 Å². The van der Waals surface area contributed by atoms with Crippen LogP contribution in [0.25, 0.3) is 0 Å². The molecule has 0 amide bonds. The van der Waals surface area contributed by atoms with Crippen LogP contribution < -0.4 is 11.3 Å². The summed E-state index contributed by atoms with van der Waals surface area (Å²) in [5.41, 5.74) is 7.77. The van der Waals surface area contributed by atoms with E-state index in [-0.39, 0.29) is 5.56 Å². The summed E-state index contributed by atoms with van der Waals surface area (Å²) in [7, 11) is 1.76. The molecule has 0 bridgehead atoms. The number of fused-ring (bicyclic) bond motifs is 1. The maximum absolute atomic E-state index is 11.6. The van der Waals surface area contributed by atoms with Crippen molar-refractivity contribution in [1.82, 2.24) is 9.78 Å². The molecule has 0 radical (unpaired) electrons. The minimum atomic E-state index is 0.119. The Morgan fingerprint density at radius 2 is 2.46 bits per heavy atom. The number of nitrogens with two attached hydrogens (primary N) is 1. The van der Waals surface area contributed by atoms with Crippen LogP contribution in [0.2, 0.25) is 0 Å². The van der Waals surface area contributed by atoms with Gasteiger partial charge in [-0.25, -0.2) is 0 Å². The maximum atomic E-state index is 11.6. The lowest BCUT2D eigenvalue weighted by atomic mass is 9.88. The highest BCUT2D eigenvalue weighted by molar-refractivity contribution is 5.21. The normalized spacial score (nSPS) is 21.5. The van der Waals surface area contributed by atoms with Gasteiger partial charge in [0.25, 0.3) is 5.56 Å². The van der Waals surface area contributed by atoms with Gasteiger partial charge in [0.2, 0.25) is 0 Å². The molecule has 2 rings (SSSR count). The fraction of sp³-hybridized carbons (Fsp3) is 0.667. The first-order valence-electron chi connectivity index (χ1n) is 4.69. The van der Waals surface area contributed by atoms with Crippen molar-refractivity contribution in [3.63, 3.8) is 0 Å². The maximum Gasteiger partial charge on any atom is 0.269 e. The summed E-state index contributed by atoms with van der Waals surface area (Å²) in [5, 5.41) is 3.07. The lowest BCUT2D eigenvalue weighted by molar-refractivity contribution is 0.465. The molecule has 0 saturated heterocycles. The number of rotatable bonds is 1. The van der Waals surface area contributed by atoms with Crippen LogP contribution in [0.4, 0.5) is 0 Å². The molecule has 72 valence electrons. The van der Waals surface area contributed by atoms with Crippen molar-refractivity contribution >= 4 is 0 Å². The summed E-state index contributed by atoms with van der Waals surface area (Å²) in [6, 6.07) is 0. The Hall–Kier alpha value is -1.03. The topological polar surface area (TPSA) is 63.8 Å². The number of aromatic nitrogens is 2. The second kappa shape index (κ2) is 3.03. The lowest BCUT2D eigenvalue weighted by Gasteiger charge is -2.18. The molecule has 0 fully saturated rings. The Balaban J connectivity index is 2.38. The average Bonchev–Trinajstić information content (AvgIpc) is 2.43. The Labute approximate surface area is 76.7 Å². The third-order valence-electron chi connectivity index (χ3n) is 2.86. The third kappa shape index (κ3) is 1.31. The van der Waals surface area contributed by atoms with Crippen molar-refractivity contribution in [2.24, 2.45) is 18.7 Å². The highest BCUT2D eigenvalue weighted by atomic mass is 16.1. The van der Waals surface area contributed by atoms with Crippen LogP contribution in [0, 0.1) is 5.92 Å². The van der Waals surface area contributed by atoms with Crippen LogP contribution in [0.1, 0.15) is 17.7 Å². The number of H-pyrrole nitrogens is 1. The predicted octanol–water partition coefficient (Wildman–Crippen LogP) is -0.223. The molecular formula is C9H15N3O. The van der Waals surface area contributed by atoms with Crippen molar-refractivity contribution in [3.8, 4) is 0 Å². The molecule has 0 spiro atoms. The smallest absolute Gasteiger partial charge is 0.269 e. The van der Waals surface area contributed by atoms with E-state index >= 15 is 0 Å². The largest absolute Gasteiger partial charge is 0.330 e. The molecule has 4 heteroatoms. The first-order chi connectivity index (χ1) is 6.22. The standard InChI is InChI=1S/C9H15N3O/c1-12-9(13)7-4-6(5-10)2-3-8(7)11-12/h6,11H,2-5,10H2,1H3. The predicted molar refractivity (Wildman–Crippen MR) is 50.6 cm³/mol. The zero-order valence-electron chi connectivity index (χ0n) is 7.84. The fourth-order valence-electron chi connectivity index (χ4n) is 2.01. The number of hydrogen-bond acceptors (Lipinski definition) is 2. The molecule has 1 aromatic heterocycles. The van der Waals surface area contributed by atoms with Crippen molar-refractivity contribution in [2.45, 2.75) is 19.3 Å². The molecule has 1 aromatic rings. The second-order valence-electron chi connectivity index (χ2n) is 3.78. The molecule has 1 aliphatic rings. The van der Waals surface area contributed by atoms with Gasteiger partial charge in [-0.1, -0.05) is 0 Å². The molecule has 0 aromatic carbocycles. The SMILES string of the molecule is Cn1[nH]c2c(c1=O)CC(CN)CC2. The molecule has 1 aliphatic carbocycles. The molecule has 3 N–H and O–H groups in total. The summed E-state index contributed by atoms with van der Waals surface area (Å²) in [5.74, 6) is 0.496. The average molecular weight is 181 g/mol. The lowest BCUT2D eigenvalue weighted by Crippen LogP contribution is -2.25. The first-order valence-corrected chi connectivity index (χ1v) is 4.69. The van der Waals surface area contributed by atoms with Gasteiger partial charge in [-0.2, -0.15) is 0 Å². The van der Waals surface area contributed by atoms with E-state index in [0.29, 0.717) is 12.5 Å². The number of nitrogens with zero attached hydrogens (tertiary/aromatic N) is 1. The molecular weight excluding hydrogens is 166 g/mol. The molecule has 1 atom stereocenters. The highest BCUT2D eigenvalue weighted by Gasteiger charge is 2.22. The Bertz CT molecular complexity index is 363. The van der Waals surface area contributed by atoms with Crippen molar-refractivity contribution < 1.29 is 0 Å². The monoisotopic (exact) mass is 181 g/mol. The molecule has 0 saturated carbocycles. The third-order valence-corrected chi connectivity index (χ3v) is 2.86. The Morgan fingerprint density at radius 3 is 3.15 bits per heavy atom. The second-order valence-corrected chi connectivity index (χ2v) is 3.78. The minimum Gasteiger partial charge on any atom is -0.330 e. The summed E-state index contributed by atoms with van der Waals surface area (Å²) >= 11 is 0. The number of aromatic amines is 1. The molecule has 4 nitrogen and oxygen atoms in total. The van der Waals surface area contributed by atoms with E-state index in [4.69, 9.17) is 5.73 Å². The van der Waals surface area contributed by atoms with E-state index < -0.39 is 0 Å². The van der Waals surface area contributed by atoms with Crippen LogP contribution in [-0.2, 0) is 19.9 Å². The van der Waals surface area contributed by atoms with E-state index in [1.807, 2.05) is 0 Å². The Kier molecular flexibility index (Phi) is 2.00. The molecule has 0 aliphatic heterocycles. The van der Waals surface area contributed by atoms with E-state index in [1.165, 1.54) is 0 Å². The van der Waals surface area contributed by atoms with Gasteiger partial charge in [0.15, 0.2) is 0 Å². The van der Waals surface area contributed by atoms with Gasteiger partial charge in [-0.3, -0.25) is 14.6 Å². The van der Waals surface area contributed by atoms with Gasteiger partial charge in [0.1, 0.15) is 0 Å². The van der Waals surface area contributed by atoms with Crippen molar-refractivity contribution in [3.05, 3.63) is 21.6 Å². The van der Waals surface area contributed by atoms with Crippen LogP contribution in [0.3, 0.4) is 0 Å². The van der Waals surface area contributed by atoms with Crippen LogP contribution >= 0.6 is 0 Å². The molecule has 1 heterocycles. The quantitative estimate of drug-likeness (QED) is 0.629. The van der Waals surface area contributed by atoms with Gasteiger partial charge >= 0.3 is 0 Å². The molecule has 1 unspecified atom stereocenters. The van der Waals surface area contributed by atoms with E-state index in [1.54, 1.807) is 11.7 Å². The van der Waals surface area contributed by atoms with Gasteiger partial charge in [0, 0.05) is 18.3 Å². The fourth-order valence-corrected chi connectivity index (χ4v) is 2.01. The summed E-state index contributed by atoms with van der Waals surface area (Å²) < 4.78 is 1.56. The number of nitrogens with one attached hydrogen (secondary N) is 1. The molecule has 13 heavy (non-hydrogen) atoms. The van der Waals surface area contributed by atoms with E-state index in [2.05, 4.69) is 5.10 Å². The first kappa shape index (κ1) is 8.56. The van der Waals surface area contributed by atoms with Crippen LogP contribution in [0.5, 0.6) is 0 Å². The number of aryl methyl sites for hydroxylation is 2. The van der Waals surface area contributed by atoms with Crippen LogP contribution in [0.15, 0.2) is 4.79 Å². The van der Waals surface area contributed by atoms with Gasteiger partial charge in [-0.05, 0) is 31.7 Å². The van der Waals surface area contributed by atoms with Crippen molar-refractivity contribution in [1.29, 1.82) is 0 Å². The Morgan fingerprint density at radius 1 is 1.69 bits per heavy atom. The summed E-state index contributed by atoms with van der Waals surface area (Å²) in [4.78, 5) is 11.6. The summed E-state index contributed by atoms with van der Waals surface area (Å²) in [6.45, 7) is 0.688. The zero-order chi connectivity index (χ0) is 9.42. The van der Waals surface area contributed by atoms with E-state index in [9.17, 15) is 4.79 Å². The minimum absolute atomic E-state index is 0.119. The van der Waals surface area contributed by atoms with Crippen LogP contribution in [-0.4, -0.2) is 16.3 Å². The summed E-state index contributed by atoms with van der Waals surface area (Å²) in [6.07, 6.45) is 2.92. The van der Waals surface area contributed by atoms with Gasteiger partial charge in [-0.15, -0.1) is 0 Å². The zero-order valence-corrected chi connectivity index (χ0v) is 7.84. The van der Waals surface area contributed by atoms with Gasteiger partial charge in [0.05, 0.1) is 0 Å². The van der Waals surface area contributed by atoms with Crippen molar-refractivity contribution in [2.75, 3.05) is 6.54 Å². The highest BCUT2D eigenvalue weighted by Crippen LogP contribution is 2.20. The number of hydrogen-bond donors (Lipinski definition) is 2. The van der Waals surface area contributed by atoms with E-state index in [0.717, 1.165) is 30.5 Å².